The van der Waals surface area contributed by atoms with E-state index >= 15 is 0 Å². The standard InChI is InChI=1S/C23H29NO2.C17H26BNO2.C12H15IO2.CH4.K.H/c1-2-26-23(25)7-5-6-19-8-12-21(13-9-19)22-14-10-20(11-15-22)18-24-16-3-4-17-24;1-16(2)17(3,4)21-18(20-16)14-9-7-13(8-10-14)12-15-6-5-11-19-15;1-2-15-12(14)5-3-4-10-6-8-11(13)9-7-10;;;/h8-15H,2-7,16-18H2,1H3;7-10,15,19H,5-6,11-12H2,1-4H3;6-9H,2-5H2,1H3;1H4;;/q;;;;+1;-1/i;;;1D;;1+1. The number of hydrogen-bond donors (Lipinski definition) is 1. The van der Waals surface area contributed by atoms with Gasteiger partial charge in [0.1, 0.15) is 0 Å². The Hall–Kier alpha value is -1.91. The number of rotatable bonds is 16. The molecule has 8 nitrogen and oxygen atoms in total. The summed E-state index contributed by atoms with van der Waals surface area (Å²) >= 11 is 2.28. The molecular weight excluding hydrogens is 937 g/mol. The van der Waals surface area contributed by atoms with E-state index in [1.165, 1.54) is 83.1 Å². The summed E-state index contributed by atoms with van der Waals surface area (Å²) in [6, 6.07) is 35.4. The van der Waals surface area contributed by atoms with E-state index < -0.39 is 0 Å². The molecule has 3 aliphatic rings. The Balaban J connectivity index is 0.000000340. The Morgan fingerprint density at radius 1 is 0.734 bits per heavy atom. The van der Waals surface area contributed by atoms with E-state index in [-0.39, 0.29) is 83.1 Å². The van der Waals surface area contributed by atoms with Gasteiger partial charge in [-0.05, 0) is 193 Å². The second-order valence-corrected chi connectivity index (χ2v) is 18.9. The number of nitrogens with zero attached hydrogens (tertiary/aromatic N) is 1. The maximum absolute atomic E-state index is 11.4. The summed E-state index contributed by atoms with van der Waals surface area (Å²) < 4.78 is 29.0. The number of carbonyl (C=O) groups is 2. The van der Waals surface area contributed by atoms with Crippen LogP contribution in [0.4, 0.5) is 0 Å². The number of halogens is 1. The van der Waals surface area contributed by atoms with Gasteiger partial charge in [-0.3, -0.25) is 14.5 Å². The number of esters is 2. The fraction of sp³-hybridized carbons (Fsp3) is 0.509. The van der Waals surface area contributed by atoms with Crippen LogP contribution in [-0.2, 0) is 54.2 Å². The first-order valence-corrected chi connectivity index (χ1v) is 24.1. The molecule has 0 spiro atoms. The van der Waals surface area contributed by atoms with Crippen molar-refractivity contribution in [1.82, 2.24) is 10.2 Å². The molecular formula is C53H75BIKN2O6. The average Bonchev–Trinajstić information content (AvgIpc) is 4.05. The molecule has 344 valence electrons. The summed E-state index contributed by atoms with van der Waals surface area (Å²) in [5.41, 5.74) is 8.38. The summed E-state index contributed by atoms with van der Waals surface area (Å²) in [5.74, 6) is -0.193. The van der Waals surface area contributed by atoms with Crippen LogP contribution in [0.25, 0.3) is 11.1 Å². The zero-order valence-electron chi connectivity index (χ0n) is 42.2. The first-order valence-electron chi connectivity index (χ1n) is 24.0. The van der Waals surface area contributed by atoms with E-state index in [0.717, 1.165) is 50.7 Å². The second-order valence-electron chi connectivity index (χ2n) is 17.6. The molecule has 1 N–H and O–H groups in total. The first kappa shape index (κ1) is 54.7. The number of nitrogens with one attached hydrogen (secondary N) is 1. The maximum Gasteiger partial charge on any atom is 1.00 e. The first-order chi connectivity index (χ1) is 30.8. The third-order valence-corrected chi connectivity index (χ3v) is 12.9. The van der Waals surface area contributed by atoms with Gasteiger partial charge in [0.15, 0.2) is 0 Å². The molecule has 3 fully saturated rings. The molecule has 1 unspecified atom stereocenters. The Bertz CT molecular complexity index is 1930. The molecule has 0 aromatic heterocycles. The molecule has 7 rings (SSSR count). The minimum absolute atomic E-state index is 0. The number of likely N-dealkylation sites (tertiary alicyclic amines) is 1. The Labute approximate surface area is 445 Å². The second kappa shape index (κ2) is 29.1. The number of aryl methyl sites for hydroxylation is 2. The van der Waals surface area contributed by atoms with Gasteiger partial charge in [0.25, 0.3) is 0 Å². The van der Waals surface area contributed by atoms with Crippen LogP contribution in [0.5, 0.6) is 0 Å². The van der Waals surface area contributed by atoms with E-state index in [0.29, 0.717) is 32.1 Å². The van der Waals surface area contributed by atoms with Crippen LogP contribution in [-0.4, -0.2) is 74.0 Å². The van der Waals surface area contributed by atoms with E-state index in [1.807, 2.05) is 13.8 Å². The zero-order chi connectivity index (χ0) is 46.4. The van der Waals surface area contributed by atoms with Crippen molar-refractivity contribution in [2.75, 3.05) is 32.8 Å². The van der Waals surface area contributed by atoms with Crippen molar-refractivity contribution in [3.63, 3.8) is 0 Å². The molecule has 3 heterocycles. The van der Waals surface area contributed by atoms with Gasteiger partial charge in [0, 0.05) is 30.4 Å². The van der Waals surface area contributed by atoms with Crippen molar-refractivity contribution in [1.29, 1.82) is 0 Å². The number of ether oxygens (including phenoxy) is 2. The van der Waals surface area contributed by atoms with Gasteiger partial charge in [-0.2, -0.15) is 0 Å². The van der Waals surface area contributed by atoms with Crippen molar-refractivity contribution in [2.24, 2.45) is 0 Å². The molecule has 3 aliphatic heterocycles. The van der Waals surface area contributed by atoms with Crippen LogP contribution >= 0.6 is 22.6 Å². The van der Waals surface area contributed by atoms with Crippen molar-refractivity contribution >= 4 is 47.1 Å². The zero-order valence-corrected chi connectivity index (χ0v) is 45.5. The SMILES string of the molecule is CC1(C)OB(c2ccc(CC3CCCN3)cc2)OC1(C)C.CCOC(=O)CCCc1ccc(-c2ccc(CN3CCCC3)cc2)cc1.CCOC(=O)CCCc1ccc(I)cc1.[2H-].[2H]C.[K+]. The quantitative estimate of drug-likeness (QED) is 0.0687. The van der Waals surface area contributed by atoms with Crippen LogP contribution in [0.2, 0.25) is 0 Å². The predicted molar refractivity (Wildman–Crippen MR) is 269 cm³/mol. The Morgan fingerprint density at radius 2 is 1.19 bits per heavy atom. The molecule has 4 aromatic rings. The van der Waals surface area contributed by atoms with Crippen molar-refractivity contribution in [3.05, 3.63) is 123 Å². The van der Waals surface area contributed by atoms with E-state index in [2.05, 4.69) is 158 Å². The molecule has 4 aromatic carbocycles. The van der Waals surface area contributed by atoms with Crippen molar-refractivity contribution in [3.8, 4) is 11.1 Å². The van der Waals surface area contributed by atoms with Gasteiger partial charge in [0.05, 0.1) is 24.4 Å². The van der Waals surface area contributed by atoms with Gasteiger partial charge in [0.2, 0.25) is 0 Å². The van der Waals surface area contributed by atoms with Crippen molar-refractivity contribution < 1.29 is 82.6 Å². The number of benzene rings is 4. The normalized spacial score (nSPS) is 17.3. The summed E-state index contributed by atoms with van der Waals surface area (Å²) in [4.78, 5) is 25.0. The van der Waals surface area contributed by atoms with Gasteiger partial charge >= 0.3 is 70.4 Å². The Morgan fingerprint density at radius 3 is 1.64 bits per heavy atom. The van der Waals surface area contributed by atoms with Gasteiger partial charge in [-0.1, -0.05) is 92.3 Å². The summed E-state index contributed by atoms with van der Waals surface area (Å²) in [6.07, 6.45) is 10.9. The van der Waals surface area contributed by atoms with E-state index in [1.54, 1.807) is 0 Å². The molecule has 0 bridgehead atoms. The van der Waals surface area contributed by atoms with Crippen LogP contribution in [0.3, 0.4) is 0 Å². The molecule has 3 saturated heterocycles. The predicted octanol–water partition coefficient (Wildman–Crippen LogP) is 8.05. The maximum atomic E-state index is 11.4. The molecule has 0 radical (unpaired) electrons. The molecule has 11 heteroatoms. The number of hydrogen-bond acceptors (Lipinski definition) is 8. The van der Waals surface area contributed by atoms with Crippen LogP contribution in [0.1, 0.15) is 125 Å². The monoisotopic (exact) mass is 1010 g/mol. The Kier molecular flexibility index (Phi) is 24.9. The fourth-order valence-corrected chi connectivity index (χ4v) is 8.22. The topological polar surface area (TPSA) is 86.3 Å². The van der Waals surface area contributed by atoms with Crippen LogP contribution in [0.15, 0.2) is 97.1 Å². The number of carbonyl (C=O) groups excluding carboxylic acids is 2. The van der Waals surface area contributed by atoms with Crippen LogP contribution < -0.4 is 62.2 Å². The van der Waals surface area contributed by atoms with Gasteiger partial charge in [-0.25, -0.2) is 0 Å². The molecule has 0 aliphatic carbocycles. The average molecular weight is 1020 g/mol. The van der Waals surface area contributed by atoms with E-state index in [4.69, 9.17) is 20.2 Å². The summed E-state index contributed by atoms with van der Waals surface area (Å²) in [6.45, 7) is 17.7. The third kappa shape index (κ3) is 19.0. The molecule has 1 atom stereocenters. The van der Waals surface area contributed by atoms with Crippen LogP contribution in [0, 0.1) is 3.57 Å². The fourth-order valence-electron chi connectivity index (χ4n) is 7.86. The summed E-state index contributed by atoms with van der Waals surface area (Å²) in [5, 5.41) is 3.55. The molecule has 0 amide bonds. The largest absolute Gasteiger partial charge is 1.00 e. The third-order valence-electron chi connectivity index (χ3n) is 12.2. The minimum Gasteiger partial charge on any atom is -1.00 e. The van der Waals surface area contributed by atoms with Crippen molar-refractivity contribution in [2.45, 2.75) is 143 Å². The summed E-state index contributed by atoms with van der Waals surface area (Å²) in [7, 11) is 0.994. The molecule has 64 heavy (non-hydrogen) atoms. The smallest absolute Gasteiger partial charge is 1.00 e. The van der Waals surface area contributed by atoms with Gasteiger partial charge in [-0.15, -0.1) is 0 Å². The van der Waals surface area contributed by atoms with E-state index in [9.17, 15) is 9.59 Å². The molecule has 0 saturated carbocycles. The minimum atomic E-state index is -0.274. The van der Waals surface area contributed by atoms with Gasteiger partial charge < -0.3 is 25.5 Å².